The number of carbonyl (C=O) groups is 2. The third kappa shape index (κ3) is 3.27. The molecular formula is C30H16N2O4. The minimum atomic E-state index is -0.484. The topological polar surface area (TPSA) is 78.4 Å². The third-order valence-electron chi connectivity index (χ3n) is 6.33. The van der Waals surface area contributed by atoms with Crippen molar-refractivity contribution in [2.45, 2.75) is 0 Å². The van der Waals surface area contributed by atoms with Crippen LogP contribution in [-0.2, 0) is 9.47 Å². The van der Waals surface area contributed by atoms with E-state index in [2.05, 4.69) is 9.97 Å². The van der Waals surface area contributed by atoms with E-state index >= 15 is 0 Å². The average Bonchev–Trinajstić information content (AvgIpc) is 3.38. The number of carbonyl (C=O) groups excluding carboxylic acids is 2. The van der Waals surface area contributed by atoms with Gasteiger partial charge < -0.3 is 9.47 Å². The Morgan fingerprint density at radius 1 is 0.528 bits per heavy atom. The van der Waals surface area contributed by atoms with E-state index in [0.29, 0.717) is 45.2 Å². The first-order valence-electron chi connectivity index (χ1n) is 11.4. The summed E-state index contributed by atoms with van der Waals surface area (Å²) in [6, 6.07) is 26.5. The predicted octanol–water partition coefficient (Wildman–Crippen LogP) is 6.12. The van der Waals surface area contributed by atoms with Gasteiger partial charge in [0.1, 0.15) is 11.5 Å². The summed E-state index contributed by atoms with van der Waals surface area (Å²) in [5.41, 5.74) is 4.79. The maximum atomic E-state index is 12.7. The van der Waals surface area contributed by atoms with E-state index in [-0.39, 0.29) is 0 Å². The molecule has 0 N–H and O–H groups in total. The molecule has 0 saturated carbocycles. The Morgan fingerprint density at radius 2 is 0.972 bits per heavy atom. The number of ether oxygens (including phenoxy) is 2. The molecule has 6 nitrogen and oxygen atoms in total. The van der Waals surface area contributed by atoms with Gasteiger partial charge in [-0.15, -0.1) is 0 Å². The van der Waals surface area contributed by atoms with Crippen molar-refractivity contribution >= 4 is 57.4 Å². The lowest BCUT2D eigenvalue weighted by Crippen LogP contribution is -1.97. The van der Waals surface area contributed by atoms with Crippen LogP contribution in [0.15, 0.2) is 84.9 Å². The highest BCUT2D eigenvalue weighted by molar-refractivity contribution is 6.12. The molecule has 0 amide bonds. The molecule has 36 heavy (non-hydrogen) atoms. The van der Waals surface area contributed by atoms with Gasteiger partial charge in [-0.25, -0.2) is 19.6 Å². The van der Waals surface area contributed by atoms with Crippen LogP contribution in [0.4, 0.5) is 0 Å². The van der Waals surface area contributed by atoms with Crippen LogP contribution in [0.2, 0.25) is 0 Å². The van der Waals surface area contributed by atoms with E-state index in [1.165, 1.54) is 0 Å². The highest BCUT2D eigenvalue weighted by Gasteiger charge is 2.34. The van der Waals surface area contributed by atoms with E-state index in [4.69, 9.17) is 9.47 Å². The number of nitrogens with zero attached hydrogens (tertiary/aromatic N) is 2. The largest absolute Gasteiger partial charge is 0.422 e. The van der Waals surface area contributed by atoms with Crippen LogP contribution in [0, 0.1) is 0 Å². The van der Waals surface area contributed by atoms with Gasteiger partial charge >= 0.3 is 11.9 Å². The number of hydrogen-bond donors (Lipinski definition) is 0. The number of hydrogen-bond acceptors (Lipinski definition) is 6. The predicted molar refractivity (Wildman–Crippen MR) is 137 cm³/mol. The molecule has 4 heterocycles. The quantitative estimate of drug-likeness (QED) is 0.291. The van der Waals surface area contributed by atoms with Gasteiger partial charge in [-0.1, -0.05) is 48.5 Å². The molecule has 7 rings (SSSR count). The van der Waals surface area contributed by atoms with E-state index in [1.54, 1.807) is 24.3 Å². The van der Waals surface area contributed by atoms with Crippen molar-refractivity contribution < 1.29 is 19.1 Å². The van der Waals surface area contributed by atoms with Crippen molar-refractivity contribution in [2.24, 2.45) is 0 Å². The number of cyclic esters (lactones) is 2. The first-order valence-corrected chi connectivity index (χ1v) is 11.4. The fourth-order valence-electron chi connectivity index (χ4n) is 4.57. The molecule has 5 aromatic rings. The van der Waals surface area contributed by atoms with Crippen LogP contribution in [0.5, 0.6) is 0 Å². The zero-order valence-electron chi connectivity index (χ0n) is 18.8. The van der Waals surface area contributed by atoms with Crippen molar-refractivity contribution in [1.82, 2.24) is 9.97 Å². The Balaban J connectivity index is 1.30. The monoisotopic (exact) mass is 468 g/mol. The Hall–Kier alpha value is -5.10. The van der Waals surface area contributed by atoms with Crippen molar-refractivity contribution in [1.29, 1.82) is 0 Å². The molecule has 2 aromatic heterocycles. The van der Waals surface area contributed by atoms with Crippen molar-refractivity contribution in [3.8, 4) is 0 Å². The Morgan fingerprint density at radius 3 is 1.44 bits per heavy atom. The number of para-hydroxylation sites is 2. The molecule has 0 unspecified atom stereocenters. The standard InChI is InChI=1S/C30H16N2O4/c33-29-23-16-22-24(30(34)36-28(22)14-20-12-10-18-6-2-4-8-26(18)32-20)15-21(23)27(35-29)13-19-11-9-17-5-1-3-7-25(17)31-19/h1-16H. The lowest BCUT2D eigenvalue weighted by molar-refractivity contribution is 0.0708. The Kier molecular flexibility index (Phi) is 4.35. The number of pyridine rings is 2. The molecule has 6 heteroatoms. The summed E-state index contributed by atoms with van der Waals surface area (Å²) in [4.78, 5) is 34.7. The van der Waals surface area contributed by atoms with Gasteiger partial charge in [-0.2, -0.15) is 0 Å². The number of benzene rings is 3. The molecule has 0 bridgehead atoms. The van der Waals surface area contributed by atoms with E-state index in [9.17, 15) is 9.59 Å². The van der Waals surface area contributed by atoms with Crippen LogP contribution in [-0.4, -0.2) is 21.9 Å². The second kappa shape index (κ2) is 7.71. The van der Waals surface area contributed by atoms with Gasteiger partial charge in [0, 0.05) is 34.1 Å². The van der Waals surface area contributed by atoms with Crippen molar-refractivity contribution in [3.63, 3.8) is 0 Å². The first kappa shape index (κ1) is 20.3. The number of rotatable bonds is 2. The summed E-state index contributed by atoms with van der Waals surface area (Å²) < 4.78 is 11.1. The molecule has 0 saturated heterocycles. The minimum absolute atomic E-state index is 0.349. The first-order chi connectivity index (χ1) is 17.6. The summed E-state index contributed by atoms with van der Waals surface area (Å²) in [5.74, 6) is -0.270. The summed E-state index contributed by atoms with van der Waals surface area (Å²) in [7, 11) is 0. The molecule has 170 valence electrons. The second-order valence-electron chi connectivity index (χ2n) is 8.60. The van der Waals surface area contributed by atoms with Crippen LogP contribution < -0.4 is 0 Å². The van der Waals surface area contributed by atoms with Gasteiger partial charge in [0.15, 0.2) is 0 Å². The summed E-state index contributed by atoms with van der Waals surface area (Å²) in [5, 5.41) is 2.04. The zero-order valence-corrected chi connectivity index (χ0v) is 18.8. The van der Waals surface area contributed by atoms with Crippen molar-refractivity contribution in [3.05, 3.63) is 119 Å². The maximum absolute atomic E-state index is 12.7. The van der Waals surface area contributed by atoms with Gasteiger partial charge in [-0.3, -0.25) is 0 Å². The smallest absolute Gasteiger partial charge is 0.344 e. The SMILES string of the molecule is O=C1OC(=Cc2ccc3ccccc3n2)c2cc3c(cc21)C(=Cc1ccc2ccccc2n1)OC3=O. The van der Waals surface area contributed by atoms with E-state index < -0.39 is 11.9 Å². The molecule has 2 aliphatic heterocycles. The molecule has 0 fully saturated rings. The van der Waals surface area contributed by atoms with Crippen molar-refractivity contribution in [2.75, 3.05) is 0 Å². The van der Waals surface area contributed by atoms with Crippen LogP contribution >= 0.6 is 0 Å². The lowest BCUT2D eigenvalue weighted by atomic mass is 9.98. The Bertz CT molecular complexity index is 1700. The maximum Gasteiger partial charge on any atom is 0.344 e. The van der Waals surface area contributed by atoms with Crippen LogP contribution in [0.3, 0.4) is 0 Å². The molecule has 0 spiro atoms. The third-order valence-corrected chi connectivity index (χ3v) is 6.33. The van der Waals surface area contributed by atoms with Gasteiger partial charge in [0.05, 0.1) is 33.5 Å². The van der Waals surface area contributed by atoms with Crippen LogP contribution in [0.1, 0.15) is 43.2 Å². The lowest BCUT2D eigenvalue weighted by Gasteiger charge is -2.03. The molecule has 0 radical (unpaired) electrons. The average molecular weight is 468 g/mol. The Labute approximate surface area is 205 Å². The highest BCUT2D eigenvalue weighted by atomic mass is 16.5. The van der Waals surface area contributed by atoms with E-state index in [1.807, 2.05) is 72.8 Å². The molecule has 3 aromatic carbocycles. The van der Waals surface area contributed by atoms with Crippen LogP contribution in [0.25, 0.3) is 45.5 Å². The summed E-state index contributed by atoms with van der Waals surface area (Å²) in [6.07, 6.45) is 3.41. The van der Waals surface area contributed by atoms with E-state index in [0.717, 1.165) is 21.8 Å². The zero-order chi connectivity index (χ0) is 24.2. The number of esters is 2. The highest BCUT2D eigenvalue weighted by Crippen LogP contribution is 2.39. The minimum Gasteiger partial charge on any atom is -0.422 e. The summed E-state index contributed by atoms with van der Waals surface area (Å²) in [6.45, 7) is 0. The fourth-order valence-corrected chi connectivity index (χ4v) is 4.57. The van der Waals surface area contributed by atoms with Gasteiger partial charge in [-0.05, 0) is 36.4 Å². The van der Waals surface area contributed by atoms with Gasteiger partial charge in [0.2, 0.25) is 0 Å². The normalized spacial score (nSPS) is 16.4. The fraction of sp³-hybridized carbons (Fsp3) is 0. The number of aromatic nitrogens is 2. The molecule has 2 aliphatic rings. The number of fused-ring (bicyclic) bond motifs is 4. The molecule has 0 atom stereocenters. The second-order valence-corrected chi connectivity index (χ2v) is 8.60. The molecule has 0 aliphatic carbocycles. The van der Waals surface area contributed by atoms with Gasteiger partial charge in [0.25, 0.3) is 0 Å². The molecular weight excluding hydrogens is 452 g/mol. The summed E-state index contributed by atoms with van der Waals surface area (Å²) >= 11 is 0.